The van der Waals surface area contributed by atoms with Crippen LogP contribution in [0.2, 0.25) is 0 Å². The maximum Gasteiger partial charge on any atom is 0.270 e. The van der Waals surface area contributed by atoms with Crippen LogP contribution in [-0.4, -0.2) is 52.5 Å². The SMILES string of the molecule is Cc1c(C=C2SC(=S)N(CC(C)C)C2=O)c(N2CCOCC2)n(C)c(=O)c1C#N. The Labute approximate surface area is 179 Å². The zero-order valence-electron chi connectivity index (χ0n) is 17.0. The molecule has 2 aliphatic heterocycles. The Bertz CT molecular complexity index is 985. The Balaban J connectivity index is 2.16. The number of hydrogen-bond donors (Lipinski definition) is 0. The lowest BCUT2D eigenvalue weighted by Gasteiger charge is -2.32. The number of carbonyl (C=O) groups is 1. The summed E-state index contributed by atoms with van der Waals surface area (Å²) in [4.78, 5) is 29.9. The number of rotatable bonds is 4. The van der Waals surface area contributed by atoms with Crippen molar-refractivity contribution in [3.63, 3.8) is 0 Å². The molecule has 0 bridgehead atoms. The van der Waals surface area contributed by atoms with Gasteiger partial charge in [0.05, 0.1) is 18.1 Å². The van der Waals surface area contributed by atoms with Gasteiger partial charge < -0.3 is 9.64 Å². The molecular formula is C20H24N4O3S2. The van der Waals surface area contributed by atoms with E-state index < -0.39 is 0 Å². The van der Waals surface area contributed by atoms with Crippen LogP contribution >= 0.6 is 24.0 Å². The minimum absolute atomic E-state index is 0.0911. The summed E-state index contributed by atoms with van der Waals surface area (Å²) in [5.74, 6) is 0.863. The third kappa shape index (κ3) is 4.10. The van der Waals surface area contributed by atoms with Crippen LogP contribution in [0.4, 0.5) is 5.82 Å². The number of nitriles is 1. The van der Waals surface area contributed by atoms with Crippen LogP contribution in [0.5, 0.6) is 0 Å². The fourth-order valence-electron chi connectivity index (χ4n) is 3.52. The summed E-state index contributed by atoms with van der Waals surface area (Å²) in [5, 5.41) is 9.53. The third-order valence-electron chi connectivity index (χ3n) is 4.98. The van der Waals surface area contributed by atoms with Crippen molar-refractivity contribution in [2.45, 2.75) is 20.8 Å². The first-order valence-corrected chi connectivity index (χ1v) is 10.7. The molecule has 0 atom stereocenters. The predicted molar refractivity (Wildman–Crippen MR) is 119 cm³/mol. The molecule has 0 saturated carbocycles. The van der Waals surface area contributed by atoms with Crippen molar-refractivity contribution >= 4 is 46.1 Å². The standard InChI is InChI=1S/C20H24N4O3S2/c1-12(2)11-24-19(26)16(29-20(24)28)9-14-13(3)15(10-21)18(25)22(4)17(14)23-5-7-27-8-6-23/h9,12H,5-8,11H2,1-4H3. The van der Waals surface area contributed by atoms with Gasteiger partial charge in [0, 0.05) is 32.2 Å². The van der Waals surface area contributed by atoms with Gasteiger partial charge in [-0.2, -0.15) is 5.26 Å². The van der Waals surface area contributed by atoms with Crippen LogP contribution < -0.4 is 10.5 Å². The Morgan fingerprint density at radius 3 is 2.55 bits per heavy atom. The van der Waals surface area contributed by atoms with Crippen molar-refractivity contribution in [1.29, 1.82) is 5.26 Å². The van der Waals surface area contributed by atoms with Crippen molar-refractivity contribution in [2.24, 2.45) is 13.0 Å². The van der Waals surface area contributed by atoms with Crippen molar-refractivity contribution in [2.75, 3.05) is 37.7 Å². The molecule has 0 N–H and O–H groups in total. The van der Waals surface area contributed by atoms with E-state index in [4.69, 9.17) is 17.0 Å². The van der Waals surface area contributed by atoms with Gasteiger partial charge in [0.1, 0.15) is 21.8 Å². The molecule has 3 heterocycles. The molecule has 9 heteroatoms. The first kappa shape index (κ1) is 21.6. The fraction of sp³-hybridized carbons (Fsp3) is 0.500. The predicted octanol–water partition coefficient (Wildman–Crippen LogP) is 2.26. The summed E-state index contributed by atoms with van der Waals surface area (Å²) in [6.07, 6.45) is 1.78. The molecule has 0 aromatic carbocycles. The lowest BCUT2D eigenvalue weighted by molar-refractivity contribution is -0.122. The number of amides is 1. The fourth-order valence-corrected chi connectivity index (χ4v) is 4.78. The molecule has 7 nitrogen and oxygen atoms in total. The van der Waals surface area contributed by atoms with Crippen molar-refractivity contribution in [3.8, 4) is 6.07 Å². The second-order valence-corrected chi connectivity index (χ2v) is 9.17. The van der Waals surface area contributed by atoms with Gasteiger partial charge in [-0.1, -0.05) is 37.8 Å². The highest BCUT2D eigenvalue weighted by molar-refractivity contribution is 8.26. The van der Waals surface area contributed by atoms with Crippen LogP contribution in [0.25, 0.3) is 6.08 Å². The molecule has 2 fully saturated rings. The summed E-state index contributed by atoms with van der Waals surface area (Å²) in [7, 11) is 1.66. The van der Waals surface area contributed by atoms with Crippen LogP contribution in [0.3, 0.4) is 0 Å². The highest BCUT2D eigenvalue weighted by Crippen LogP contribution is 2.36. The molecule has 0 unspecified atom stereocenters. The van der Waals surface area contributed by atoms with Gasteiger partial charge in [-0.05, 0) is 24.5 Å². The summed E-state index contributed by atoms with van der Waals surface area (Å²) in [5.41, 5.74) is 1.03. The third-order valence-corrected chi connectivity index (χ3v) is 6.35. The highest BCUT2D eigenvalue weighted by Gasteiger charge is 2.33. The topological polar surface area (TPSA) is 78.6 Å². The Kier molecular flexibility index (Phi) is 6.46. The van der Waals surface area contributed by atoms with E-state index in [0.29, 0.717) is 64.9 Å². The summed E-state index contributed by atoms with van der Waals surface area (Å²) in [6, 6.07) is 2.02. The zero-order chi connectivity index (χ0) is 21.3. The summed E-state index contributed by atoms with van der Waals surface area (Å²) < 4.78 is 7.47. The van der Waals surface area contributed by atoms with E-state index in [0.717, 1.165) is 0 Å². The lowest BCUT2D eigenvalue weighted by Crippen LogP contribution is -2.40. The summed E-state index contributed by atoms with van der Waals surface area (Å²) in [6.45, 7) is 8.77. The van der Waals surface area contributed by atoms with Gasteiger partial charge in [-0.15, -0.1) is 0 Å². The van der Waals surface area contributed by atoms with E-state index in [1.165, 1.54) is 16.3 Å². The number of pyridine rings is 1. The number of ether oxygens (including phenoxy) is 1. The normalized spacial score (nSPS) is 18.8. The maximum atomic E-state index is 12.9. The monoisotopic (exact) mass is 432 g/mol. The second kappa shape index (κ2) is 8.69. The van der Waals surface area contributed by atoms with Crippen LogP contribution in [0.15, 0.2) is 9.70 Å². The van der Waals surface area contributed by atoms with Crippen LogP contribution in [0, 0.1) is 24.2 Å². The van der Waals surface area contributed by atoms with Crippen molar-refractivity contribution in [1.82, 2.24) is 9.47 Å². The van der Waals surface area contributed by atoms with E-state index in [-0.39, 0.29) is 17.0 Å². The maximum absolute atomic E-state index is 12.9. The van der Waals surface area contributed by atoms with E-state index in [1.807, 2.05) is 19.9 Å². The minimum Gasteiger partial charge on any atom is -0.378 e. The van der Waals surface area contributed by atoms with E-state index in [9.17, 15) is 14.9 Å². The number of morpholine rings is 1. The zero-order valence-corrected chi connectivity index (χ0v) is 18.7. The number of thiocarbonyl (C=S) groups is 1. The quantitative estimate of drug-likeness (QED) is 0.533. The first-order chi connectivity index (χ1) is 13.8. The second-order valence-electron chi connectivity index (χ2n) is 7.50. The molecule has 0 radical (unpaired) electrons. The van der Waals surface area contributed by atoms with E-state index in [2.05, 4.69) is 4.90 Å². The van der Waals surface area contributed by atoms with Crippen molar-refractivity contribution in [3.05, 3.63) is 31.9 Å². The molecule has 3 rings (SSSR count). The van der Waals surface area contributed by atoms with Gasteiger partial charge in [0.2, 0.25) is 0 Å². The molecule has 2 saturated heterocycles. The van der Waals surface area contributed by atoms with Crippen molar-refractivity contribution < 1.29 is 9.53 Å². The Morgan fingerprint density at radius 1 is 1.31 bits per heavy atom. The average Bonchev–Trinajstić information content (AvgIpc) is 2.94. The molecule has 154 valence electrons. The largest absolute Gasteiger partial charge is 0.378 e. The van der Waals surface area contributed by atoms with Crippen LogP contribution in [0.1, 0.15) is 30.5 Å². The van der Waals surface area contributed by atoms with Gasteiger partial charge in [-0.25, -0.2) is 0 Å². The first-order valence-electron chi connectivity index (χ1n) is 9.48. The molecule has 1 amide bonds. The van der Waals surface area contributed by atoms with E-state index >= 15 is 0 Å². The van der Waals surface area contributed by atoms with Crippen LogP contribution in [-0.2, 0) is 16.6 Å². The number of anilines is 1. The molecule has 1 aromatic heterocycles. The molecular weight excluding hydrogens is 408 g/mol. The van der Waals surface area contributed by atoms with Gasteiger partial charge in [0.15, 0.2) is 0 Å². The number of aromatic nitrogens is 1. The minimum atomic E-state index is -0.337. The average molecular weight is 433 g/mol. The number of carbonyl (C=O) groups excluding carboxylic acids is 1. The molecule has 29 heavy (non-hydrogen) atoms. The Morgan fingerprint density at radius 2 is 1.97 bits per heavy atom. The molecule has 0 aliphatic carbocycles. The van der Waals surface area contributed by atoms with Gasteiger partial charge in [-0.3, -0.25) is 19.1 Å². The highest BCUT2D eigenvalue weighted by atomic mass is 32.2. The Hall–Kier alpha value is -2.15. The lowest BCUT2D eigenvalue weighted by atomic mass is 10.0. The van der Waals surface area contributed by atoms with E-state index in [1.54, 1.807) is 24.9 Å². The summed E-state index contributed by atoms with van der Waals surface area (Å²) >= 11 is 6.67. The van der Waals surface area contributed by atoms with Gasteiger partial charge >= 0.3 is 0 Å². The number of hydrogen-bond acceptors (Lipinski definition) is 7. The number of thioether (sulfide) groups is 1. The van der Waals surface area contributed by atoms with Gasteiger partial charge in [0.25, 0.3) is 11.5 Å². The molecule has 1 aromatic rings. The molecule has 0 spiro atoms. The number of nitrogens with zero attached hydrogens (tertiary/aromatic N) is 4. The molecule has 2 aliphatic rings. The smallest absolute Gasteiger partial charge is 0.270 e.